The Kier molecular flexibility index (Phi) is 3.41. The van der Waals surface area contributed by atoms with Crippen LogP contribution in [0.2, 0.25) is 0 Å². The molecular formula is C12H15NO3. The first kappa shape index (κ1) is 11.0. The Morgan fingerprint density at radius 1 is 1.56 bits per heavy atom. The Balaban J connectivity index is 1.76. The van der Waals surface area contributed by atoms with Crippen LogP contribution < -0.4 is 5.32 Å². The molecular weight excluding hydrogens is 206 g/mol. The molecule has 0 saturated heterocycles. The summed E-state index contributed by atoms with van der Waals surface area (Å²) in [5, 5.41) is 12.4. The van der Waals surface area contributed by atoms with E-state index >= 15 is 0 Å². The molecule has 4 heteroatoms. The molecule has 0 fully saturated rings. The quantitative estimate of drug-likeness (QED) is 0.755. The molecule has 0 bridgehead atoms. The van der Waals surface area contributed by atoms with Gasteiger partial charge in [0.2, 0.25) is 5.91 Å². The first-order valence-corrected chi connectivity index (χ1v) is 5.41. The minimum Gasteiger partial charge on any atom is -0.467 e. The maximum Gasteiger partial charge on any atom is 0.223 e. The van der Waals surface area contributed by atoms with Gasteiger partial charge < -0.3 is 14.8 Å². The minimum atomic E-state index is -0.770. The third-order valence-corrected chi connectivity index (χ3v) is 2.72. The van der Waals surface area contributed by atoms with Gasteiger partial charge >= 0.3 is 0 Å². The maximum absolute atomic E-state index is 11.6. The number of allylic oxidation sites excluding steroid dienone is 2. The first-order valence-electron chi connectivity index (χ1n) is 5.41. The fourth-order valence-corrected chi connectivity index (χ4v) is 1.75. The van der Waals surface area contributed by atoms with Crippen molar-refractivity contribution in [1.82, 2.24) is 5.32 Å². The Labute approximate surface area is 94.0 Å². The number of carbonyl (C=O) groups excluding carboxylic acids is 1. The average molecular weight is 221 g/mol. The van der Waals surface area contributed by atoms with E-state index in [4.69, 9.17) is 4.42 Å². The number of rotatable bonds is 4. The van der Waals surface area contributed by atoms with E-state index in [0.29, 0.717) is 5.76 Å². The van der Waals surface area contributed by atoms with Crippen molar-refractivity contribution in [3.05, 3.63) is 36.3 Å². The number of aliphatic hydroxyl groups excluding tert-OH is 1. The summed E-state index contributed by atoms with van der Waals surface area (Å²) in [6.07, 6.45) is 6.33. The van der Waals surface area contributed by atoms with E-state index in [9.17, 15) is 9.90 Å². The molecule has 86 valence electrons. The van der Waals surface area contributed by atoms with E-state index in [-0.39, 0.29) is 18.4 Å². The van der Waals surface area contributed by atoms with Gasteiger partial charge in [-0.2, -0.15) is 0 Å². The highest BCUT2D eigenvalue weighted by Gasteiger charge is 2.20. The highest BCUT2D eigenvalue weighted by atomic mass is 16.4. The number of hydrogen-bond acceptors (Lipinski definition) is 3. The Morgan fingerprint density at radius 3 is 2.94 bits per heavy atom. The highest BCUT2D eigenvalue weighted by Crippen LogP contribution is 2.18. The van der Waals surface area contributed by atoms with Crippen molar-refractivity contribution in [2.75, 3.05) is 6.54 Å². The molecule has 2 N–H and O–H groups in total. The van der Waals surface area contributed by atoms with Gasteiger partial charge in [0.15, 0.2) is 0 Å². The van der Waals surface area contributed by atoms with E-state index in [1.165, 1.54) is 6.26 Å². The fraction of sp³-hybridized carbons (Fsp3) is 0.417. The summed E-state index contributed by atoms with van der Waals surface area (Å²) in [5.74, 6) is 0.504. The van der Waals surface area contributed by atoms with Crippen LogP contribution in [0.4, 0.5) is 0 Å². The van der Waals surface area contributed by atoms with Crippen LogP contribution in [0.25, 0.3) is 0 Å². The van der Waals surface area contributed by atoms with Crippen molar-refractivity contribution >= 4 is 5.91 Å². The molecule has 1 amide bonds. The van der Waals surface area contributed by atoms with E-state index in [1.807, 2.05) is 12.2 Å². The molecule has 0 radical (unpaired) electrons. The Morgan fingerprint density at radius 2 is 2.31 bits per heavy atom. The van der Waals surface area contributed by atoms with Gasteiger partial charge in [0.05, 0.1) is 12.8 Å². The average Bonchev–Trinajstić information content (AvgIpc) is 2.95. The lowest BCUT2D eigenvalue weighted by Crippen LogP contribution is -2.32. The van der Waals surface area contributed by atoms with Crippen LogP contribution in [0.5, 0.6) is 0 Å². The fourth-order valence-electron chi connectivity index (χ4n) is 1.75. The van der Waals surface area contributed by atoms with Gasteiger partial charge in [0, 0.05) is 5.92 Å². The zero-order valence-electron chi connectivity index (χ0n) is 8.93. The maximum atomic E-state index is 11.6. The molecule has 1 heterocycles. The summed E-state index contributed by atoms with van der Waals surface area (Å²) in [4.78, 5) is 11.6. The highest BCUT2D eigenvalue weighted by molar-refractivity contribution is 5.79. The molecule has 4 nitrogen and oxygen atoms in total. The largest absolute Gasteiger partial charge is 0.467 e. The molecule has 0 spiro atoms. The van der Waals surface area contributed by atoms with Gasteiger partial charge in [-0.15, -0.1) is 0 Å². The smallest absolute Gasteiger partial charge is 0.223 e. The second kappa shape index (κ2) is 4.99. The number of furan rings is 1. The zero-order chi connectivity index (χ0) is 11.4. The summed E-state index contributed by atoms with van der Waals surface area (Å²) < 4.78 is 5.04. The third kappa shape index (κ3) is 2.52. The molecule has 1 aliphatic rings. The standard InChI is InChI=1S/C12H15NO3/c14-10(11-6-3-7-16-11)8-13-12(15)9-4-1-2-5-9/h1-3,6-7,9-10,14H,4-5,8H2,(H,13,15). The van der Waals surface area contributed by atoms with Crippen molar-refractivity contribution in [3.8, 4) is 0 Å². The zero-order valence-corrected chi connectivity index (χ0v) is 8.93. The second-order valence-corrected chi connectivity index (χ2v) is 3.92. The van der Waals surface area contributed by atoms with Crippen LogP contribution in [0.15, 0.2) is 35.0 Å². The monoisotopic (exact) mass is 221 g/mol. The Hall–Kier alpha value is -1.55. The SMILES string of the molecule is O=C(NCC(O)c1ccco1)C1CC=CC1. The predicted molar refractivity (Wildman–Crippen MR) is 58.5 cm³/mol. The van der Waals surface area contributed by atoms with Gasteiger partial charge in [-0.25, -0.2) is 0 Å². The van der Waals surface area contributed by atoms with Gasteiger partial charge in [-0.3, -0.25) is 4.79 Å². The van der Waals surface area contributed by atoms with Crippen molar-refractivity contribution in [1.29, 1.82) is 0 Å². The molecule has 0 saturated carbocycles. The van der Waals surface area contributed by atoms with Gasteiger partial charge in [0.1, 0.15) is 11.9 Å². The predicted octanol–water partition coefficient (Wildman–Crippen LogP) is 1.40. The van der Waals surface area contributed by atoms with Crippen LogP contribution in [0.3, 0.4) is 0 Å². The number of aliphatic hydroxyl groups is 1. The molecule has 1 atom stereocenters. The van der Waals surface area contributed by atoms with E-state index in [2.05, 4.69) is 5.32 Å². The third-order valence-electron chi connectivity index (χ3n) is 2.72. The van der Waals surface area contributed by atoms with E-state index < -0.39 is 6.10 Å². The van der Waals surface area contributed by atoms with Crippen LogP contribution in [-0.4, -0.2) is 17.6 Å². The van der Waals surface area contributed by atoms with Gasteiger partial charge in [-0.1, -0.05) is 12.2 Å². The molecule has 0 aliphatic heterocycles. The lowest BCUT2D eigenvalue weighted by molar-refractivity contribution is -0.125. The first-order chi connectivity index (χ1) is 7.77. The molecule has 1 aliphatic carbocycles. The molecule has 1 aromatic rings. The molecule has 0 aromatic carbocycles. The van der Waals surface area contributed by atoms with Gasteiger partial charge in [0.25, 0.3) is 0 Å². The van der Waals surface area contributed by atoms with Crippen molar-refractivity contribution < 1.29 is 14.3 Å². The number of carbonyl (C=O) groups is 1. The number of hydrogen-bond donors (Lipinski definition) is 2. The summed E-state index contributed by atoms with van der Waals surface area (Å²) in [6.45, 7) is 0.197. The summed E-state index contributed by atoms with van der Waals surface area (Å²) in [5.41, 5.74) is 0. The van der Waals surface area contributed by atoms with Crippen molar-refractivity contribution in [2.24, 2.45) is 5.92 Å². The summed E-state index contributed by atoms with van der Waals surface area (Å²) in [6, 6.07) is 3.40. The molecule has 1 aromatic heterocycles. The lowest BCUT2D eigenvalue weighted by atomic mass is 10.1. The van der Waals surface area contributed by atoms with E-state index in [1.54, 1.807) is 12.1 Å². The summed E-state index contributed by atoms with van der Waals surface area (Å²) in [7, 11) is 0. The van der Waals surface area contributed by atoms with E-state index in [0.717, 1.165) is 12.8 Å². The van der Waals surface area contributed by atoms with Gasteiger partial charge in [-0.05, 0) is 25.0 Å². The summed E-state index contributed by atoms with van der Waals surface area (Å²) >= 11 is 0. The van der Waals surface area contributed by atoms with Crippen LogP contribution in [0.1, 0.15) is 24.7 Å². The number of amides is 1. The molecule has 16 heavy (non-hydrogen) atoms. The topological polar surface area (TPSA) is 62.5 Å². The van der Waals surface area contributed by atoms with Crippen LogP contribution in [-0.2, 0) is 4.79 Å². The van der Waals surface area contributed by atoms with Crippen LogP contribution in [0, 0.1) is 5.92 Å². The number of nitrogens with one attached hydrogen (secondary N) is 1. The Bertz CT molecular complexity index is 362. The second-order valence-electron chi connectivity index (χ2n) is 3.92. The van der Waals surface area contributed by atoms with Crippen LogP contribution >= 0.6 is 0 Å². The normalized spacial score (nSPS) is 17.6. The molecule has 1 unspecified atom stereocenters. The molecule has 2 rings (SSSR count). The lowest BCUT2D eigenvalue weighted by Gasteiger charge is -2.12. The minimum absolute atomic E-state index is 0.00407. The van der Waals surface area contributed by atoms with Crippen molar-refractivity contribution in [3.63, 3.8) is 0 Å². The van der Waals surface area contributed by atoms with Crippen molar-refractivity contribution in [2.45, 2.75) is 18.9 Å².